The number of benzene rings is 1. The molecule has 0 aliphatic carbocycles. The third kappa shape index (κ3) is 4.11. The molecule has 4 heteroatoms. The molecular weight excluding hydrogens is 338 g/mol. The van der Waals surface area contributed by atoms with E-state index >= 15 is 0 Å². The summed E-state index contributed by atoms with van der Waals surface area (Å²) in [5.74, 6) is 0. The Balaban J connectivity index is 1.37. The van der Waals surface area contributed by atoms with Crippen LogP contribution in [-0.4, -0.2) is 34.3 Å². The summed E-state index contributed by atoms with van der Waals surface area (Å²) < 4.78 is 3.11. The number of hydrogen-bond donors (Lipinski definition) is 0. The molecule has 1 aliphatic rings. The van der Waals surface area contributed by atoms with Crippen molar-refractivity contribution in [2.45, 2.75) is 51.5 Å². The van der Waals surface area contributed by atoms with Crippen LogP contribution in [0, 0.1) is 0 Å². The summed E-state index contributed by atoms with van der Waals surface area (Å²) in [6, 6.07) is 8.44. The second-order valence-electron chi connectivity index (χ2n) is 6.35. The molecule has 1 saturated heterocycles. The Hall–Kier alpha value is -0.870. The Kier molecular flexibility index (Phi) is 5.90. The number of unbranched alkanes of at least 4 members (excludes halogenated alkanes) is 3. The maximum Gasteiger partial charge on any atom is 0.135 e. The lowest BCUT2D eigenvalue weighted by Crippen LogP contribution is -2.30. The molecule has 0 atom stereocenters. The Morgan fingerprint density at radius 3 is 2.45 bits per heavy atom. The van der Waals surface area contributed by atoms with Gasteiger partial charge in [0.25, 0.3) is 0 Å². The molecule has 0 amide bonds. The summed E-state index contributed by atoms with van der Waals surface area (Å²) in [6.45, 7) is 4.98. The number of likely N-dealkylation sites (tertiary alicyclic amines) is 1. The lowest BCUT2D eigenvalue weighted by atomic mass is 10.1. The predicted octanol–water partition coefficient (Wildman–Crippen LogP) is 4.85. The summed E-state index contributed by atoms with van der Waals surface area (Å²) in [6.07, 6.45) is 9.46. The van der Waals surface area contributed by atoms with Crippen molar-refractivity contribution in [3.8, 4) is 0 Å². The number of piperidine rings is 1. The molecule has 3 nitrogen and oxygen atoms in total. The molecule has 0 radical (unpaired) electrons. The second kappa shape index (κ2) is 8.11. The van der Waals surface area contributed by atoms with Gasteiger partial charge in [0.1, 0.15) is 4.60 Å². The van der Waals surface area contributed by atoms with Crippen molar-refractivity contribution in [3.05, 3.63) is 28.9 Å². The molecule has 2 heterocycles. The highest BCUT2D eigenvalue weighted by Gasteiger charge is 2.09. The van der Waals surface area contributed by atoms with E-state index in [0.717, 1.165) is 11.1 Å². The van der Waals surface area contributed by atoms with E-state index in [1.54, 1.807) is 0 Å². The van der Waals surface area contributed by atoms with Crippen LogP contribution in [0.3, 0.4) is 0 Å². The molecule has 0 unspecified atom stereocenters. The molecule has 2 aromatic rings. The quantitative estimate of drug-likeness (QED) is 0.655. The van der Waals surface area contributed by atoms with E-state index in [9.17, 15) is 0 Å². The van der Waals surface area contributed by atoms with Gasteiger partial charge in [0.2, 0.25) is 0 Å². The van der Waals surface area contributed by atoms with Crippen LogP contribution in [0.4, 0.5) is 0 Å². The number of aryl methyl sites for hydroxylation is 1. The molecule has 0 spiro atoms. The average molecular weight is 364 g/mol. The fourth-order valence-electron chi connectivity index (χ4n) is 3.39. The zero-order valence-electron chi connectivity index (χ0n) is 13.3. The normalized spacial score (nSPS) is 16.4. The highest BCUT2D eigenvalue weighted by molar-refractivity contribution is 9.10. The smallest absolute Gasteiger partial charge is 0.135 e. The molecule has 1 aromatic heterocycles. The van der Waals surface area contributed by atoms with Crippen molar-refractivity contribution in [1.82, 2.24) is 14.7 Å². The molecule has 22 heavy (non-hydrogen) atoms. The Morgan fingerprint density at radius 2 is 1.64 bits per heavy atom. The third-order valence-corrected chi connectivity index (χ3v) is 5.24. The highest BCUT2D eigenvalue weighted by Crippen LogP contribution is 2.23. The number of fused-ring (bicyclic) bond motifs is 1. The number of para-hydroxylation sites is 1. The van der Waals surface area contributed by atoms with Crippen LogP contribution in [0.15, 0.2) is 28.9 Å². The van der Waals surface area contributed by atoms with E-state index in [1.807, 2.05) is 0 Å². The largest absolute Gasteiger partial charge is 0.303 e. The van der Waals surface area contributed by atoms with Crippen molar-refractivity contribution in [2.75, 3.05) is 19.6 Å². The van der Waals surface area contributed by atoms with Gasteiger partial charge in [-0.15, -0.1) is 0 Å². The summed E-state index contributed by atoms with van der Waals surface area (Å²) in [4.78, 5) is 2.64. The van der Waals surface area contributed by atoms with E-state index in [1.165, 1.54) is 75.5 Å². The van der Waals surface area contributed by atoms with Gasteiger partial charge in [-0.1, -0.05) is 37.5 Å². The maximum absolute atomic E-state index is 4.61. The lowest BCUT2D eigenvalue weighted by Gasteiger charge is -2.26. The van der Waals surface area contributed by atoms with E-state index in [4.69, 9.17) is 0 Å². The number of aromatic nitrogens is 2. The van der Waals surface area contributed by atoms with Gasteiger partial charge in [0.05, 0.1) is 5.52 Å². The van der Waals surface area contributed by atoms with E-state index in [2.05, 4.69) is 54.9 Å². The van der Waals surface area contributed by atoms with E-state index < -0.39 is 0 Å². The molecule has 3 rings (SSSR count). The fourth-order valence-corrected chi connectivity index (χ4v) is 3.92. The zero-order valence-corrected chi connectivity index (χ0v) is 14.9. The van der Waals surface area contributed by atoms with Crippen LogP contribution in [0.5, 0.6) is 0 Å². The molecule has 1 fully saturated rings. The van der Waals surface area contributed by atoms with Crippen LogP contribution < -0.4 is 0 Å². The minimum atomic E-state index is 0.966. The summed E-state index contributed by atoms with van der Waals surface area (Å²) in [7, 11) is 0. The standard InChI is InChI=1S/C18H26BrN3/c19-18-16-10-4-5-11-17(16)22(20-18)15-9-2-1-6-12-21-13-7-3-8-14-21/h4-5,10-11H,1-3,6-9,12-15H2. The predicted molar refractivity (Wildman–Crippen MR) is 96.2 cm³/mol. The Bertz CT molecular complexity index is 587. The number of rotatable bonds is 7. The summed E-state index contributed by atoms with van der Waals surface area (Å²) in [5, 5.41) is 5.82. The van der Waals surface area contributed by atoms with Crippen molar-refractivity contribution in [2.24, 2.45) is 0 Å². The van der Waals surface area contributed by atoms with Gasteiger partial charge < -0.3 is 4.90 Å². The molecule has 120 valence electrons. The van der Waals surface area contributed by atoms with Gasteiger partial charge in [0.15, 0.2) is 0 Å². The van der Waals surface area contributed by atoms with Crippen molar-refractivity contribution < 1.29 is 0 Å². The van der Waals surface area contributed by atoms with Crippen molar-refractivity contribution >= 4 is 26.8 Å². The van der Waals surface area contributed by atoms with Gasteiger partial charge in [-0.2, -0.15) is 5.10 Å². The van der Waals surface area contributed by atoms with Crippen molar-refractivity contribution in [1.29, 1.82) is 0 Å². The Labute approximate surface area is 141 Å². The Morgan fingerprint density at radius 1 is 0.909 bits per heavy atom. The first-order valence-electron chi connectivity index (χ1n) is 8.68. The minimum absolute atomic E-state index is 0.966. The minimum Gasteiger partial charge on any atom is -0.303 e. The van der Waals surface area contributed by atoms with Crippen LogP contribution in [0.1, 0.15) is 44.9 Å². The zero-order chi connectivity index (χ0) is 15.2. The SMILES string of the molecule is Brc1nn(CCCCCCN2CCCCC2)c2ccccc12. The van der Waals surface area contributed by atoms with Crippen LogP contribution >= 0.6 is 15.9 Å². The topological polar surface area (TPSA) is 21.1 Å². The van der Waals surface area contributed by atoms with Gasteiger partial charge in [-0.25, -0.2) is 0 Å². The molecule has 0 bridgehead atoms. The number of halogens is 1. The van der Waals surface area contributed by atoms with Crippen molar-refractivity contribution in [3.63, 3.8) is 0 Å². The van der Waals surface area contributed by atoms with Crippen LogP contribution in [-0.2, 0) is 6.54 Å². The summed E-state index contributed by atoms with van der Waals surface area (Å²) >= 11 is 3.56. The second-order valence-corrected chi connectivity index (χ2v) is 7.10. The van der Waals surface area contributed by atoms with E-state index in [0.29, 0.717) is 0 Å². The lowest BCUT2D eigenvalue weighted by molar-refractivity contribution is 0.224. The van der Waals surface area contributed by atoms with Gasteiger partial charge >= 0.3 is 0 Å². The monoisotopic (exact) mass is 363 g/mol. The molecular formula is C18H26BrN3. The van der Waals surface area contributed by atoms with Gasteiger partial charge in [-0.05, 0) is 67.3 Å². The van der Waals surface area contributed by atoms with Gasteiger partial charge in [-0.3, -0.25) is 4.68 Å². The maximum atomic E-state index is 4.61. The number of nitrogens with zero attached hydrogens (tertiary/aromatic N) is 3. The molecule has 0 N–H and O–H groups in total. The third-order valence-electron chi connectivity index (χ3n) is 4.66. The summed E-state index contributed by atoms with van der Waals surface area (Å²) in [5.41, 5.74) is 1.24. The van der Waals surface area contributed by atoms with E-state index in [-0.39, 0.29) is 0 Å². The number of hydrogen-bond acceptors (Lipinski definition) is 2. The van der Waals surface area contributed by atoms with Crippen LogP contribution in [0.25, 0.3) is 10.9 Å². The first-order valence-corrected chi connectivity index (χ1v) is 9.47. The molecule has 1 aliphatic heterocycles. The van der Waals surface area contributed by atoms with Gasteiger partial charge in [0, 0.05) is 11.9 Å². The highest BCUT2D eigenvalue weighted by atomic mass is 79.9. The first-order chi connectivity index (χ1) is 10.8. The fraction of sp³-hybridized carbons (Fsp3) is 0.611. The van der Waals surface area contributed by atoms with Crippen LogP contribution in [0.2, 0.25) is 0 Å². The molecule has 0 saturated carbocycles. The first kappa shape index (κ1) is 16.0. The molecule has 1 aromatic carbocycles. The average Bonchev–Trinajstić information content (AvgIpc) is 2.88.